The van der Waals surface area contributed by atoms with Crippen LogP contribution in [0.2, 0.25) is 0 Å². The lowest BCUT2D eigenvalue weighted by atomic mass is 9.85. The van der Waals surface area contributed by atoms with E-state index in [0.29, 0.717) is 19.4 Å². The van der Waals surface area contributed by atoms with Crippen LogP contribution in [0.15, 0.2) is 18.2 Å². The molecule has 44 heavy (non-hydrogen) atoms. The Morgan fingerprint density at radius 2 is 1.75 bits per heavy atom. The zero-order valence-corrected chi connectivity index (χ0v) is 26.2. The van der Waals surface area contributed by atoms with Gasteiger partial charge in [0.15, 0.2) is 0 Å². The van der Waals surface area contributed by atoms with E-state index < -0.39 is 42.7 Å². The molecule has 12 nitrogen and oxygen atoms in total. The number of aromatic amines is 1. The normalized spacial score (nSPS) is 22.4. The molecule has 2 aromatic rings. The van der Waals surface area contributed by atoms with Crippen LogP contribution in [0.5, 0.6) is 11.6 Å². The first-order chi connectivity index (χ1) is 20.9. The molecule has 3 rings (SSSR count). The molecular weight excluding hydrogens is 572 g/mol. The Morgan fingerprint density at radius 1 is 1.05 bits per heavy atom. The van der Waals surface area contributed by atoms with E-state index in [9.17, 15) is 35.4 Å². The van der Waals surface area contributed by atoms with E-state index in [0.717, 1.165) is 53.8 Å². The van der Waals surface area contributed by atoms with Crippen LogP contribution in [0.4, 0.5) is 0 Å². The van der Waals surface area contributed by atoms with Gasteiger partial charge in [-0.2, -0.15) is 0 Å². The van der Waals surface area contributed by atoms with Gasteiger partial charge in [-0.25, -0.2) is 0 Å². The molecule has 1 aromatic heterocycles. The Morgan fingerprint density at radius 3 is 2.39 bits per heavy atom. The van der Waals surface area contributed by atoms with E-state index in [1.165, 1.54) is 0 Å². The number of aromatic nitrogens is 2. The minimum Gasteiger partial charge on any atom is -0.494 e. The van der Waals surface area contributed by atoms with E-state index in [-0.39, 0.29) is 37.2 Å². The molecule has 1 aromatic carbocycles. The molecule has 0 unspecified atom stereocenters. The molecule has 1 saturated heterocycles. The first-order valence-corrected chi connectivity index (χ1v) is 15.4. The smallest absolute Gasteiger partial charge is 0.238 e. The SMILES string of the molecule is Cc1cc(OCCCCCCC(=O)CC(C)(CO)CO)ccc1Cc1c(O[C@@H]2O[C@H](CO)[C@@H](O)[C@H](O)[C@H]2O)n[nH]c1C(C)C. The molecule has 7 N–H and O–H groups in total. The molecule has 12 heteroatoms. The van der Waals surface area contributed by atoms with Gasteiger partial charge in [0.2, 0.25) is 12.2 Å². The maximum atomic E-state index is 12.1. The van der Waals surface area contributed by atoms with Gasteiger partial charge in [0.05, 0.1) is 26.4 Å². The second-order valence-corrected chi connectivity index (χ2v) is 12.5. The predicted octanol–water partition coefficient (Wildman–Crippen LogP) is 1.89. The van der Waals surface area contributed by atoms with Gasteiger partial charge in [0.1, 0.15) is 35.9 Å². The average Bonchev–Trinajstić information content (AvgIpc) is 3.40. The lowest BCUT2D eigenvalue weighted by Gasteiger charge is -2.39. The third-order valence-corrected chi connectivity index (χ3v) is 8.20. The number of rotatable bonds is 18. The topological polar surface area (TPSA) is 195 Å². The second kappa shape index (κ2) is 16.6. The zero-order chi connectivity index (χ0) is 32.4. The number of hydrogen-bond acceptors (Lipinski definition) is 11. The highest BCUT2D eigenvalue weighted by molar-refractivity contribution is 5.79. The van der Waals surface area contributed by atoms with Crippen molar-refractivity contribution in [3.63, 3.8) is 0 Å². The Labute approximate surface area is 259 Å². The summed E-state index contributed by atoms with van der Waals surface area (Å²) in [6, 6.07) is 5.87. The molecule has 0 radical (unpaired) electrons. The fraction of sp³-hybridized carbons (Fsp3) is 0.688. The summed E-state index contributed by atoms with van der Waals surface area (Å²) in [6.07, 6.45) is -2.44. The van der Waals surface area contributed by atoms with E-state index in [1.54, 1.807) is 6.92 Å². The van der Waals surface area contributed by atoms with Crippen LogP contribution < -0.4 is 9.47 Å². The summed E-state index contributed by atoms with van der Waals surface area (Å²) in [6.45, 7) is 7.30. The van der Waals surface area contributed by atoms with Crippen LogP contribution in [0.3, 0.4) is 0 Å². The number of Topliss-reactive ketones (excluding diaryl/α,β-unsaturated/α-hetero) is 1. The number of carbonyl (C=O) groups is 1. The Bertz CT molecular complexity index is 1180. The van der Waals surface area contributed by atoms with Gasteiger partial charge in [-0.15, -0.1) is 5.10 Å². The van der Waals surface area contributed by atoms with Crippen molar-refractivity contribution in [1.82, 2.24) is 10.2 Å². The van der Waals surface area contributed by atoms with Crippen LogP contribution in [0, 0.1) is 12.3 Å². The number of aliphatic hydroxyl groups is 6. The number of H-pyrrole nitrogens is 1. The van der Waals surface area contributed by atoms with Crippen molar-refractivity contribution in [2.75, 3.05) is 26.4 Å². The summed E-state index contributed by atoms with van der Waals surface area (Å²) in [5.74, 6) is 1.11. The third-order valence-electron chi connectivity index (χ3n) is 8.20. The van der Waals surface area contributed by atoms with Gasteiger partial charge >= 0.3 is 0 Å². The highest BCUT2D eigenvalue weighted by Crippen LogP contribution is 2.32. The van der Waals surface area contributed by atoms with Crippen molar-refractivity contribution in [2.24, 2.45) is 5.41 Å². The fourth-order valence-corrected chi connectivity index (χ4v) is 5.22. The summed E-state index contributed by atoms with van der Waals surface area (Å²) >= 11 is 0. The molecule has 0 bridgehead atoms. The number of unbranched alkanes of at least 4 members (excludes halogenated alkanes) is 3. The number of hydrogen-bond donors (Lipinski definition) is 7. The largest absolute Gasteiger partial charge is 0.494 e. The molecule has 0 saturated carbocycles. The number of aliphatic hydroxyl groups excluding tert-OH is 6. The summed E-state index contributed by atoms with van der Waals surface area (Å²) < 4.78 is 17.4. The Balaban J connectivity index is 1.53. The average molecular weight is 623 g/mol. The van der Waals surface area contributed by atoms with Crippen LogP contribution in [-0.2, 0) is 16.0 Å². The third kappa shape index (κ3) is 9.46. The molecule has 1 aliphatic heterocycles. The summed E-state index contributed by atoms with van der Waals surface area (Å²) in [5.41, 5.74) is 2.89. The quantitative estimate of drug-likeness (QED) is 0.120. The Hall–Kier alpha value is -2.58. The molecule has 248 valence electrons. The minimum atomic E-state index is -1.55. The zero-order valence-electron chi connectivity index (χ0n) is 26.2. The van der Waals surface area contributed by atoms with Gasteiger partial charge in [-0.3, -0.25) is 9.89 Å². The van der Waals surface area contributed by atoms with Crippen LogP contribution in [0.25, 0.3) is 0 Å². The van der Waals surface area contributed by atoms with Crippen molar-refractivity contribution >= 4 is 5.78 Å². The van der Waals surface area contributed by atoms with Crippen LogP contribution in [-0.4, -0.2) is 104 Å². The van der Waals surface area contributed by atoms with Crippen molar-refractivity contribution in [1.29, 1.82) is 0 Å². The molecule has 2 heterocycles. The molecule has 0 spiro atoms. The number of nitrogens with one attached hydrogen (secondary N) is 1. The molecule has 0 aliphatic carbocycles. The van der Waals surface area contributed by atoms with E-state index in [4.69, 9.17) is 14.2 Å². The molecule has 1 fully saturated rings. The first kappa shape index (κ1) is 35.9. The number of ketones is 1. The van der Waals surface area contributed by atoms with Crippen LogP contribution in [0.1, 0.15) is 87.6 Å². The van der Waals surface area contributed by atoms with E-state index in [2.05, 4.69) is 10.2 Å². The number of aryl methyl sites for hydroxylation is 1. The van der Waals surface area contributed by atoms with E-state index in [1.807, 2.05) is 39.0 Å². The van der Waals surface area contributed by atoms with Gasteiger partial charge in [-0.1, -0.05) is 39.7 Å². The Kier molecular flexibility index (Phi) is 13.6. The minimum absolute atomic E-state index is 0.0610. The highest BCUT2D eigenvalue weighted by atomic mass is 16.7. The maximum absolute atomic E-state index is 12.1. The number of carbonyl (C=O) groups excluding carboxylic acids is 1. The second-order valence-electron chi connectivity index (χ2n) is 12.5. The van der Waals surface area contributed by atoms with Crippen molar-refractivity contribution in [2.45, 2.75) is 109 Å². The lowest BCUT2D eigenvalue weighted by Crippen LogP contribution is -2.60. The molecule has 0 amide bonds. The molecule has 5 atom stereocenters. The fourth-order valence-electron chi connectivity index (χ4n) is 5.22. The summed E-state index contributed by atoms with van der Waals surface area (Å²) in [7, 11) is 0. The maximum Gasteiger partial charge on any atom is 0.238 e. The van der Waals surface area contributed by atoms with E-state index >= 15 is 0 Å². The monoisotopic (exact) mass is 622 g/mol. The summed E-state index contributed by atoms with van der Waals surface area (Å²) in [4.78, 5) is 12.1. The standard InChI is InChI=1S/C32H50N2O10/c1-19(2)26-24(30(34-33-26)44-31-29(41)28(40)27(39)25(16-35)43-31)14-21-10-11-23(13-20(21)3)42-12-8-6-5-7-9-22(38)15-32(4,17-36)18-37/h10-11,13,19,25,27-29,31,35-37,39-41H,5-9,12,14-18H2,1-4H3,(H,33,34)/t25-,27-,28+,29-,31+/m1/s1. The number of ether oxygens (including phenoxy) is 3. The van der Waals surface area contributed by atoms with Gasteiger partial charge in [0, 0.05) is 35.9 Å². The molecular formula is C32H50N2O10. The van der Waals surface area contributed by atoms with Crippen molar-refractivity contribution < 1.29 is 49.6 Å². The van der Waals surface area contributed by atoms with Gasteiger partial charge in [0.25, 0.3) is 0 Å². The van der Waals surface area contributed by atoms with Crippen LogP contribution >= 0.6 is 0 Å². The number of benzene rings is 1. The lowest BCUT2D eigenvalue weighted by molar-refractivity contribution is -0.278. The first-order valence-electron chi connectivity index (χ1n) is 15.4. The molecule has 1 aliphatic rings. The highest BCUT2D eigenvalue weighted by Gasteiger charge is 2.45. The van der Waals surface area contributed by atoms with Gasteiger partial charge in [-0.05, 0) is 48.9 Å². The number of nitrogens with zero attached hydrogens (tertiary/aromatic N) is 1. The predicted molar refractivity (Wildman–Crippen MR) is 162 cm³/mol. The van der Waals surface area contributed by atoms with Gasteiger partial charge < -0.3 is 44.8 Å². The van der Waals surface area contributed by atoms with Crippen molar-refractivity contribution in [3.8, 4) is 11.6 Å². The van der Waals surface area contributed by atoms with Crippen molar-refractivity contribution in [3.05, 3.63) is 40.6 Å². The summed E-state index contributed by atoms with van der Waals surface area (Å²) in [5, 5.41) is 66.2.